The van der Waals surface area contributed by atoms with E-state index < -0.39 is 5.92 Å². The van der Waals surface area contributed by atoms with Crippen molar-refractivity contribution in [2.24, 2.45) is 0 Å². The van der Waals surface area contributed by atoms with Gasteiger partial charge < -0.3 is 14.2 Å². The molecular weight excluding hydrogens is 346 g/mol. The standard InChI is InChI=1S/C21H27NO5/c1-3-7-18(23)25-12-15(13-8-5-4-6-9-13)21(24)26-14-10-16-19-20(27-19)17(11-14)22(16)2/h4-6,8-9,14-17,19-20H,3,7,10-12H2,1-2H3/t14-,15-,16-,17+,19-,20+/m1/s1. The Kier molecular flexibility index (Phi) is 5.19. The Bertz CT molecular complexity index is 675. The monoisotopic (exact) mass is 373 g/mol. The third-order valence-corrected chi connectivity index (χ3v) is 6.01. The van der Waals surface area contributed by atoms with Crippen LogP contribution < -0.4 is 0 Å². The van der Waals surface area contributed by atoms with E-state index in [9.17, 15) is 9.59 Å². The maximum Gasteiger partial charge on any atom is 0.317 e. The minimum absolute atomic E-state index is 0.0233. The van der Waals surface area contributed by atoms with E-state index >= 15 is 0 Å². The minimum Gasteiger partial charge on any atom is -0.464 e. The summed E-state index contributed by atoms with van der Waals surface area (Å²) >= 11 is 0. The first-order valence-electron chi connectivity index (χ1n) is 9.87. The molecule has 2 bridgehead atoms. The van der Waals surface area contributed by atoms with E-state index in [2.05, 4.69) is 11.9 Å². The lowest BCUT2D eigenvalue weighted by molar-refractivity contribution is -0.159. The number of ether oxygens (including phenoxy) is 3. The lowest BCUT2D eigenvalue weighted by Crippen LogP contribution is -2.48. The molecule has 1 aromatic rings. The van der Waals surface area contributed by atoms with E-state index in [0.717, 1.165) is 24.8 Å². The van der Waals surface area contributed by atoms with Crippen LogP contribution in [0, 0.1) is 0 Å². The maximum atomic E-state index is 12.9. The number of hydrogen-bond acceptors (Lipinski definition) is 6. The lowest BCUT2D eigenvalue weighted by Gasteiger charge is -2.38. The quantitative estimate of drug-likeness (QED) is 0.539. The number of carbonyl (C=O) groups excluding carboxylic acids is 2. The number of rotatable bonds is 7. The summed E-state index contributed by atoms with van der Waals surface area (Å²) in [7, 11) is 2.13. The summed E-state index contributed by atoms with van der Waals surface area (Å²) in [5, 5.41) is 0. The first-order chi connectivity index (χ1) is 13.1. The molecule has 0 radical (unpaired) electrons. The van der Waals surface area contributed by atoms with Crippen molar-refractivity contribution in [2.45, 2.75) is 68.9 Å². The predicted molar refractivity (Wildman–Crippen MR) is 98.2 cm³/mol. The molecule has 3 aliphatic heterocycles. The summed E-state index contributed by atoms with van der Waals surface area (Å²) in [5.41, 5.74) is 0.814. The van der Waals surface area contributed by atoms with Crippen molar-refractivity contribution in [2.75, 3.05) is 13.7 Å². The van der Waals surface area contributed by atoms with Gasteiger partial charge in [-0.1, -0.05) is 37.3 Å². The van der Waals surface area contributed by atoms with Gasteiger partial charge in [-0.2, -0.15) is 0 Å². The zero-order valence-electron chi connectivity index (χ0n) is 15.9. The highest BCUT2D eigenvalue weighted by atomic mass is 16.6. The number of benzene rings is 1. The smallest absolute Gasteiger partial charge is 0.317 e. The van der Waals surface area contributed by atoms with E-state index in [1.54, 1.807) is 0 Å². The average Bonchev–Trinajstić information content (AvgIpc) is 3.41. The van der Waals surface area contributed by atoms with Crippen molar-refractivity contribution in [3.8, 4) is 0 Å². The van der Waals surface area contributed by atoms with Crippen molar-refractivity contribution in [3.63, 3.8) is 0 Å². The fourth-order valence-corrected chi connectivity index (χ4v) is 4.48. The van der Waals surface area contributed by atoms with Gasteiger partial charge in [0.2, 0.25) is 0 Å². The third-order valence-electron chi connectivity index (χ3n) is 6.01. The zero-order valence-corrected chi connectivity index (χ0v) is 15.9. The first-order valence-corrected chi connectivity index (χ1v) is 9.87. The molecule has 0 amide bonds. The normalized spacial score (nSPS) is 32.4. The average molecular weight is 373 g/mol. The number of morpholine rings is 1. The van der Waals surface area contributed by atoms with E-state index in [0.29, 0.717) is 30.7 Å². The van der Waals surface area contributed by atoms with Gasteiger partial charge in [0.15, 0.2) is 0 Å². The Morgan fingerprint density at radius 2 is 1.85 bits per heavy atom. The number of hydrogen-bond donors (Lipinski definition) is 0. The second-order valence-corrected chi connectivity index (χ2v) is 7.79. The van der Waals surface area contributed by atoms with Crippen molar-refractivity contribution in [1.82, 2.24) is 4.90 Å². The Morgan fingerprint density at radius 3 is 2.48 bits per heavy atom. The predicted octanol–water partition coefficient (Wildman–Crippen LogP) is 2.27. The van der Waals surface area contributed by atoms with Crippen LogP contribution in [0.4, 0.5) is 0 Å². The van der Waals surface area contributed by atoms with E-state index in [1.165, 1.54) is 0 Å². The lowest BCUT2D eigenvalue weighted by atomic mass is 9.97. The van der Waals surface area contributed by atoms with E-state index in [1.807, 2.05) is 37.3 Å². The molecule has 0 saturated carbocycles. The Hall–Kier alpha value is -1.92. The zero-order chi connectivity index (χ0) is 19.0. The van der Waals surface area contributed by atoms with Gasteiger partial charge in [-0.3, -0.25) is 14.5 Å². The second-order valence-electron chi connectivity index (χ2n) is 7.79. The number of carbonyl (C=O) groups is 2. The summed E-state index contributed by atoms with van der Waals surface area (Å²) in [6.07, 6.45) is 3.21. The van der Waals surface area contributed by atoms with Gasteiger partial charge in [0, 0.05) is 31.3 Å². The molecule has 0 spiro atoms. The third kappa shape index (κ3) is 3.73. The molecule has 0 N–H and O–H groups in total. The number of epoxide rings is 1. The van der Waals surface area contributed by atoms with Crippen LogP contribution in [0.1, 0.15) is 44.1 Å². The highest BCUT2D eigenvalue weighted by molar-refractivity contribution is 5.79. The molecule has 6 atom stereocenters. The molecule has 3 aliphatic rings. The highest BCUT2D eigenvalue weighted by Gasteiger charge is 2.62. The fraction of sp³-hybridized carbons (Fsp3) is 0.619. The van der Waals surface area contributed by atoms with Crippen molar-refractivity contribution in [1.29, 1.82) is 0 Å². The van der Waals surface area contributed by atoms with Gasteiger partial charge >= 0.3 is 11.9 Å². The maximum absolute atomic E-state index is 12.9. The highest BCUT2D eigenvalue weighted by Crippen LogP contribution is 2.48. The molecule has 3 saturated heterocycles. The summed E-state index contributed by atoms with van der Waals surface area (Å²) < 4.78 is 16.9. The van der Waals surface area contributed by atoms with Crippen LogP contribution in [-0.2, 0) is 23.8 Å². The van der Waals surface area contributed by atoms with Crippen molar-refractivity contribution < 1.29 is 23.8 Å². The molecule has 6 nitrogen and oxygen atoms in total. The SMILES string of the molecule is CCCC(=O)OC[C@@H](C(=O)O[C@@H]1C[C@@H]2[C@H]3O[C@H]3[C@H](C1)N2C)c1ccccc1. The van der Waals surface area contributed by atoms with Crippen molar-refractivity contribution in [3.05, 3.63) is 35.9 Å². The van der Waals surface area contributed by atoms with Crippen LogP contribution in [0.25, 0.3) is 0 Å². The summed E-state index contributed by atoms with van der Waals surface area (Å²) in [6, 6.07) is 10.1. The van der Waals surface area contributed by atoms with Crippen LogP contribution in [-0.4, -0.2) is 60.9 Å². The van der Waals surface area contributed by atoms with Gasteiger partial charge in [-0.15, -0.1) is 0 Å². The molecule has 0 aliphatic carbocycles. The number of fused-ring (bicyclic) bond motifs is 5. The van der Waals surface area contributed by atoms with Crippen LogP contribution in [0.3, 0.4) is 0 Å². The summed E-state index contributed by atoms with van der Waals surface area (Å²) in [6.45, 7) is 1.95. The minimum atomic E-state index is -0.588. The molecule has 6 heteroatoms. The number of esters is 2. The molecule has 27 heavy (non-hydrogen) atoms. The van der Waals surface area contributed by atoms with Crippen LogP contribution in [0.15, 0.2) is 30.3 Å². The molecule has 1 aromatic carbocycles. The largest absolute Gasteiger partial charge is 0.464 e. The number of nitrogens with zero attached hydrogens (tertiary/aromatic N) is 1. The summed E-state index contributed by atoms with van der Waals surface area (Å²) in [4.78, 5) is 27.1. The Labute approximate surface area is 159 Å². The van der Waals surface area contributed by atoms with E-state index in [-0.39, 0.29) is 24.6 Å². The van der Waals surface area contributed by atoms with Gasteiger partial charge in [0.25, 0.3) is 0 Å². The Balaban J connectivity index is 1.40. The van der Waals surface area contributed by atoms with E-state index in [4.69, 9.17) is 14.2 Å². The molecule has 4 rings (SSSR count). The van der Waals surface area contributed by atoms with Crippen LogP contribution in [0.2, 0.25) is 0 Å². The van der Waals surface area contributed by atoms with Gasteiger partial charge in [-0.05, 0) is 19.0 Å². The van der Waals surface area contributed by atoms with Gasteiger partial charge in [0.05, 0.1) is 0 Å². The molecular formula is C21H27NO5. The van der Waals surface area contributed by atoms with Gasteiger partial charge in [0.1, 0.15) is 30.8 Å². The first kappa shape index (κ1) is 18.4. The topological polar surface area (TPSA) is 68.4 Å². The summed E-state index contributed by atoms with van der Waals surface area (Å²) in [5.74, 6) is -1.18. The molecule has 146 valence electrons. The molecule has 3 heterocycles. The molecule has 3 fully saturated rings. The Morgan fingerprint density at radius 1 is 1.19 bits per heavy atom. The fourth-order valence-electron chi connectivity index (χ4n) is 4.48. The van der Waals surface area contributed by atoms with Crippen molar-refractivity contribution >= 4 is 11.9 Å². The number of piperidine rings is 1. The molecule has 0 aromatic heterocycles. The van der Waals surface area contributed by atoms with Crippen LogP contribution in [0.5, 0.6) is 0 Å². The second kappa shape index (κ2) is 7.60. The number of likely N-dealkylation sites (N-methyl/N-ethyl adjacent to an activating group) is 1. The van der Waals surface area contributed by atoms with Gasteiger partial charge in [-0.25, -0.2) is 0 Å². The molecule has 0 unspecified atom stereocenters. The van der Waals surface area contributed by atoms with Crippen LogP contribution >= 0.6 is 0 Å².